The largest absolute Gasteiger partial charge is 0.381 e. The Labute approximate surface area is 188 Å². The molecule has 0 heterocycles. The van der Waals surface area contributed by atoms with Gasteiger partial charge in [-0.2, -0.15) is 15.3 Å². The van der Waals surface area contributed by atoms with Crippen LogP contribution in [-0.2, 0) is 0 Å². The molecule has 0 saturated heterocycles. The smallest absolute Gasteiger partial charge is 0.117 e. The molecule has 160 valence electrons. The fourth-order valence-corrected chi connectivity index (χ4v) is 3.51. The highest BCUT2D eigenvalue weighted by molar-refractivity contribution is 5.98. The predicted octanol–water partition coefficient (Wildman–Crippen LogP) is 9.11. The lowest BCUT2D eigenvalue weighted by atomic mass is 10.1. The van der Waals surface area contributed by atoms with E-state index in [1.165, 1.54) is 0 Å². The summed E-state index contributed by atoms with van der Waals surface area (Å²) in [7, 11) is 0. The highest BCUT2D eigenvalue weighted by atomic mass is 15.1. The van der Waals surface area contributed by atoms with Crippen LogP contribution < -0.4 is 5.32 Å². The quantitative estimate of drug-likeness (QED) is 0.310. The SMILES string of the molecule is Cc1cccc(N=Nc2ccc(N=Nc3c(NC(C)C)ccc4ccccc34)cc2C)c1. The normalized spacial score (nSPS) is 11.8. The summed E-state index contributed by atoms with van der Waals surface area (Å²) >= 11 is 0. The fraction of sp³-hybridized carbons (Fsp3) is 0.185. The Morgan fingerprint density at radius 2 is 1.47 bits per heavy atom. The molecule has 4 rings (SSSR count). The highest BCUT2D eigenvalue weighted by Crippen LogP contribution is 2.36. The molecule has 0 saturated carbocycles. The summed E-state index contributed by atoms with van der Waals surface area (Å²) in [5.74, 6) is 0. The molecule has 32 heavy (non-hydrogen) atoms. The molecule has 0 fully saturated rings. The third-order valence-corrected chi connectivity index (χ3v) is 5.07. The van der Waals surface area contributed by atoms with Gasteiger partial charge in [0.2, 0.25) is 0 Å². The van der Waals surface area contributed by atoms with Crippen LogP contribution in [0.25, 0.3) is 10.8 Å². The van der Waals surface area contributed by atoms with Crippen molar-refractivity contribution in [2.24, 2.45) is 20.5 Å². The van der Waals surface area contributed by atoms with Crippen LogP contribution >= 0.6 is 0 Å². The third-order valence-electron chi connectivity index (χ3n) is 5.07. The first-order valence-corrected chi connectivity index (χ1v) is 10.8. The summed E-state index contributed by atoms with van der Waals surface area (Å²) in [4.78, 5) is 0. The number of rotatable bonds is 6. The maximum absolute atomic E-state index is 4.64. The molecule has 0 atom stereocenters. The van der Waals surface area contributed by atoms with Crippen molar-refractivity contribution in [3.63, 3.8) is 0 Å². The van der Waals surface area contributed by atoms with Crippen molar-refractivity contribution >= 4 is 39.2 Å². The molecule has 1 N–H and O–H groups in total. The Balaban J connectivity index is 1.63. The van der Waals surface area contributed by atoms with Crippen LogP contribution in [0.15, 0.2) is 99.3 Å². The van der Waals surface area contributed by atoms with Crippen molar-refractivity contribution in [3.05, 3.63) is 90.0 Å². The Kier molecular flexibility index (Phi) is 6.36. The van der Waals surface area contributed by atoms with E-state index in [0.717, 1.165) is 50.3 Å². The minimum atomic E-state index is 0.297. The minimum Gasteiger partial charge on any atom is -0.381 e. The van der Waals surface area contributed by atoms with Gasteiger partial charge >= 0.3 is 0 Å². The molecule has 5 heteroatoms. The maximum Gasteiger partial charge on any atom is 0.117 e. The van der Waals surface area contributed by atoms with Gasteiger partial charge in [-0.15, -0.1) is 5.11 Å². The molecular formula is C27H27N5. The first kappa shape index (κ1) is 21.4. The van der Waals surface area contributed by atoms with Gasteiger partial charge in [0.15, 0.2) is 0 Å². The first-order chi connectivity index (χ1) is 15.5. The van der Waals surface area contributed by atoms with Gasteiger partial charge in [0.1, 0.15) is 5.69 Å². The van der Waals surface area contributed by atoms with Crippen LogP contribution in [0.3, 0.4) is 0 Å². The molecule has 0 unspecified atom stereocenters. The second-order valence-electron chi connectivity index (χ2n) is 8.19. The Morgan fingerprint density at radius 3 is 2.25 bits per heavy atom. The number of fused-ring (bicyclic) bond motifs is 1. The lowest BCUT2D eigenvalue weighted by Gasteiger charge is -2.14. The van der Waals surface area contributed by atoms with E-state index < -0.39 is 0 Å². The van der Waals surface area contributed by atoms with Crippen molar-refractivity contribution in [1.82, 2.24) is 0 Å². The van der Waals surface area contributed by atoms with E-state index in [2.05, 4.69) is 63.9 Å². The van der Waals surface area contributed by atoms with Crippen molar-refractivity contribution in [1.29, 1.82) is 0 Å². The number of aryl methyl sites for hydroxylation is 2. The molecule has 4 aromatic rings. The molecular weight excluding hydrogens is 394 g/mol. The summed E-state index contributed by atoms with van der Waals surface area (Å²) in [5, 5.41) is 23.6. The molecule has 0 radical (unpaired) electrons. The first-order valence-electron chi connectivity index (χ1n) is 10.8. The van der Waals surface area contributed by atoms with Gasteiger partial charge in [0.05, 0.1) is 22.7 Å². The number of nitrogens with zero attached hydrogens (tertiary/aromatic N) is 4. The van der Waals surface area contributed by atoms with Gasteiger partial charge in [0, 0.05) is 11.4 Å². The van der Waals surface area contributed by atoms with Crippen LogP contribution in [-0.4, -0.2) is 6.04 Å². The molecule has 5 nitrogen and oxygen atoms in total. The highest BCUT2D eigenvalue weighted by Gasteiger charge is 2.08. The van der Waals surface area contributed by atoms with Crippen molar-refractivity contribution in [2.45, 2.75) is 33.7 Å². The zero-order chi connectivity index (χ0) is 22.5. The van der Waals surface area contributed by atoms with Gasteiger partial charge in [0.25, 0.3) is 0 Å². The second kappa shape index (κ2) is 9.52. The van der Waals surface area contributed by atoms with Gasteiger partial charge in [-0.05, 0) is 80.6 Å². The Bertz CT molecular complexity index is 1300. The topological polar surface area (TPSA) is 61.5 Å². The van der Waals surface area contributed by atoms with Gasteiger partial charge in [-0.3, -0.25) is 0 Å². The van der Waals surface area contributed by atoms with E-state index in [-0.39, 0.29) is 0 Å². The number of nitrogens with one attached hydrogen (secondary N) is 1. The van der Waals surface area contributed by atoms with E-state index in [1.54, 1.807) is 0 Å². The summed E-state index contributed by atoms with van der Waals surface area (Å²) in [5.41, 5.74) is 6.41. The van der Waals surface area contributed by atoms with Crippen LogP contribution in [0.2, 0.25) is 0 Å². The number of benzene rings is 4. The predicted molar refractivity (Wildman–Crippen MR) is 133 cm³/mol. The standard InChI is InChI=1S/C27H27N5/c1-18(2)28-26-14-12-21-9-5-6-11-24(21)27(26)32-30-23-13-15-25(20(4)17-23)31-29-22-10-7-8-19(3)16-22/h5-18,28H,1-4H3. The van der Waals surface area contributed by atoms with E-state index in [4.69, 9.17) is 0 Å². The zero-order valence-electron chi connectivity index (χ0n) is 18.9. The average Bonchev–Trinajstić information content (AvgIpc) is 2.77. The van der Waals surface area contributed by atoms with Crippen molar-refractivity contribution < 1.29 is 0 Å². The van der Waals surface area contributed by atoms with Crippen molar-refractivity contribution in [2.75, 3.05) is 5.32 Å². The van der Waals surface area contributed by atoms with Crippen LogP contribution in [0.4, 0.5) is 28.4 Å². The van der Waals surface area contributed by atoms with E-state index >= 15 is 0 Å². The minimum absolute atomic E-state index is 0.297. The third kappa shape index (κ3) is 5.06. The number of hydrogen-bond acceptors (Lipinski definition) is 5. The van der Waals surface area contributed by atoms with Crippen LogP contribution in [0, 0.1) is 13.8 Å². The summed E-state index contributed by atoms with van der Waals surface area (Å²) < 4.78 is 0. The summed E-state index contributed by atoms with van der Waals surface area (Å²) in [6, 6.07) is 26.5. The van der Waals surface area contributed by atoms with E-state index in [0.29, 0.717) is 6.04 Å². The number of azo groups is 2. The van der Waals surface area contributed by atoms with Crippen LogP contribution in [0.5, 0.6) is 0 Å². The van der Waals surface area contributed by atoms with Gasteiger partial charge in [-0.1, -0.05) is 42.5 Å². The maximum atomic E-state index is 4.64. The van der Waals surface area contributed by atoms with Crippen LogP contribution in [0.1, 0.15) is 25.0 Å². The second-order valence-corrected chi connectivity index (χ2v) is 8.19. The Hall–Kier alpha value is -3.86. The fourth-order valence-electron chi connectivity index (χ4n) is 3.51. The average molecular weight is 422 g/mol. The molecule has 0 spiro atoms. The monoisotopic (exact) mass is 421 g/mol. The molecule has 0 bridgehead atoms. The van der Waals surface area contributed by atoms with Gasteiger partial charge in [-0.25, -0.2) is 0 Å². The lowest BCUT2D eigenvalue weighted by molar-refractivity contribution is 0.899. The summed E-state index contributed by atoms with van der Waals surface area (Å²) in [6.07, 6.45) is 0. The summed E-state index contributed by atoms with van der Waals surface area (Å²) in [6.45, 7) is 8.28. The van der Waals surface area contributed by atoms with Crippen molar-refractivity contribution in [3.8, 4) is 0 Å². The zero-order valence-corrected chi connectivity index (χ0v) is 18.9. The molecule has 0 aliphatic rings. The lowest BCUT2D eigenvalue weighted by Crippen LogP contribution is -2.09. The van der Waals surface area contributed by atoms with E-state index in [1.807, 2.05) is 68.4 Å². The molecule has 0 amide bonds. The molecule has 4 aromatic carbocycles. The molecule has 0 aromatic heterocycles. The number of anilines is 1. The molecule has 0 aliphatic carbocycles. The number of hydrogen-bond donors (Lipinski definition) is 1. The van der Waals surface area contributed by atoms with E-state index in [9.17, 15) is 0 Å². The molecule has 0 aliphatic heterocycles. The van der Waals surface area contributed by atoms with Gasteiger partial charge < -0.3 is 5.32 Å². The Morgan fingerprint density at radius 1 is 0.688 bits per heavy atom.